The van der Waals surface area contributed by atoms with Crippen LogP contribution in [0.5, 0.6) is 11.5 Å². The maximum atomic E-state index is 12.5. The smallest absolute Gasteiger partial charge is 0.342 e. The number of nitrogens with one attached hydrogen (secondary N) is 2. The van der Waals surface area contributed by atoms with Gasteiger partial charge in [-0.1, -0.05) is 36.4 Å². The van der Waals surface area contributed by atoms with Gasteiger partial charge in [0.15, 0.2) is 6.61 Å². The molecule has 0 saturated heterocycles. The van der Waals surface area contributed by atoms with Crippen LogP contribution in [0.1, 0.15) is 20.7 Å². The number of hydrogen-bond donors (Lipinski definition) is 2. The first-order valence-electron chi connectivity index (χ1n) is 9.18. The molecule has 7 nitrogen and oxygen atoms in total. The van der Waals surface area contributed by atoms with E-state index in [0.717, 1.165) is 0 Å². The lowest BCUT2D eigenvalue weighted by molar-refractivity contribution is -0.119. The van der Waals surface area contributed by atoms with Crippen LogP contribution < -0.4 is 15.4 Å². The van der Waals surface area contributed by atoms with Crippen LogP contribution >= 0.6 is 0 Å². The van der Waals surface area contributed by atoms with E-state index >= 15 is 0 Å². The molecule has 7 heteroatoms. The Bertz CT molecular complexity index is 1050. The molecule has 0 aromatic heterocycles. The number of esters is 1. The Morgan fingerprint density at radius 2 is 1.60 bits per heavy atom. The number of carbonyl (C=O) groups is 3. The minimum atomic E-state index is -0.684. The summed E-state index contributed by atoms with van der Waals surface area (Å²) in [5, 5.41) is 5.10. The first kappa shape index (κ1) is 20.6. The minimum absolute atomic E-state index is 0.204. The van der Waals surface area contributed by atoms with Crippen molar-refractivity contribution in [3.63, 3.8) is 0 Å². The van der Waals surface area contributed by atoms with Crippen LogP contribution in [0.4, 0.5) is 5.69 Å². The van der Waals surface area contributed by atoms with Gasteiger partial charge in [0.25, 0.3) is 11.8 Å². The maximum Gasteiger partial charge on any atom is 0.342 e. The average molecular weight is 404 g/mol. The van der Waals surface area contributed by atoms with E-state index in [1.165, 1.54) is 13.1 Å². The average Bonchev–Trinajstić information content (AvgIpc) is 2.78. The molecule has 0 unspecified atom stereocenters. The molecule has 0 radical (unpaired) electrons. The molecule has 0 bridgehead atoms. The lowest BCUT2D eigenvalue weighted by Gasteiger charge is -2.11. The van der Waals surface area contributed by atoms with Crippen molar-refractivity contribution in [3.8, 4) is 11.5 Å². The van der Waals surface area contributed by atoms with Crippen LogP contribution in [0, 0.1) is 0 Å². The number of carbonyl (C=O) groups excluding carboxylic acids is 3. The molecule has 3 aromatic rings. The summed E-state index contributed by atoms with van der Waals surface area (Å²) >= 11 is 0. The predicted octanol–water partition coefficient (Wildman–Crippen LogP) is 3.63. The highest BCUT2D eigenvalue weighted by Gasteiger charge is 2.16. The minimum Gasteiger partial charge on any atom is -0.456 e. The van der Waals surface area contributed by atoms with E-state index in [9.17, 15) is 14.4 Å². The number of anilines is 1. The Morgan fingerprint density at radius 1 is 0.867 bits per heavy atom. The van der Waals surface area contributed by atoms with Crippen molar-refractivity contribution >= 4 is 23.5 Å². The zero-order valence-electron chi connectivity index (χ0n) is 16.3. The molecule has 0 aliphatic carbocycles. The fraction of sp³-hybridized carbons (Fsp3) is 0.0870. The van der Waals surface area contributed by atoms with Crippen LogP contribution in [-0.4, -0.2) is 31.4 Å². The van der Waals surface area contributed by atoms with Crippen molar-refractivity contribution in [1.29, 1.82) is 0 Å². The van der Waals surface area contributed by atoms with Gasteiger partial charge in [-0.05, 0) is 42.5 Å². The molecule has 2 N–H and O–H groups in total. The second-order valence-corrected chi connectivity index (χ2v) is 6.20. The van der Waals surface area contributed by atoms with Crippen LogP contribution in [0.3, 0.4) is 0 Å². The van der Waals surface area contributed by atoms with E-state index in [-0.39, 0.29) is 11.5 Å². The number of ether oxygens (including phenoxy) is 2. The third kappa shape index (κ3) is 5.45. The van der Waals surface area contributed by atoms with Gasteiger partial charge in [0.05, 0.1) is 0 Å². The quantitative estimate of drug-likeness (QED) is 0.587. The standard InChI is InChI=1S/C23H20N2O5/c1-24-22(27)16-8-7-9-17(14-16)25-21(26)15-29-23(28)19-12-5-6-13-20(19)30-18-10-3-2-4-11-18/h2-14H,15H2,1H3,(H,24,27)(H,25,26). The van der Waals surface area contributed by atoms with E-state index in [2.05, 4.69) is 10.6 Å². The largest absolute Gasteiger partial charge is 0.456 e. The number of para-hydroxylation sites is 2. The van der Waals surface area contributed by atoms with Gasteiger partial charge in [0, 0.05) is 18.3 Å². The molecule has 0 spiro atoms. The number of amides is 2. The van der Waals surface area contributed by atoms with E-state index in [4.69, 9.17) is 9.47 Å². The van der Waals surface area contributed by atoms with Gasteiger partial charge in [-0.3, -0.25) is 9.59 Å². The maximum absolute atomic E-state index is 12.5. The molecule has 3 aromatic carbocycles. The summed E-state index contributed by atoms with van der Waals surface area (Å²) in [6.07, 6.45) is 0. The lowest BCUT2D eigenvalue weighted by Crippen LogP contribution is -2.22. The highest BCUT2D eigenvalue weighted by molar-refractivity contribution is 5.98. The Hall–Kier alpha value is -4.13. The molecule has 0 fully saturated rings. The Labute approximate surface area is 173 Å². The first-order valence-corrected chi connectivity index (χ1v) is 9.18. The Kier molecular flexibility index (Phi) is 6.78. The normalized spacial score (nSPS) is 10.0. The first-order chi connectivity index (χ1) is 14.6. The highest BCUT2D eigenvalue weighted by atomic mass is 16.5. The molecule has 3 rings (SSSR count). The number of rotatable bonds is 7. The summed E-state index contributed by atoms with van der Waals surface area (Å²) in [5.74, 6) is -0.582. The SMILES string of the molecule is CNC(=O)c1cccc(NC(=O)COC(=O)c2ccccc2Oc2ccccc2)c1. The van der Waals surface area contributed by atoms with Gasteiger partial charge >= 0.3 is 5.97 Å². The zero-order chi connectivity index (χ0) is 21.3. The molecule has 30 heavy (non-hydrogen) atoms. The van der Waals surface area contributed by atoms with Gasteiger partial charge in [0.2, 0.25) is 0 Å². The van der Waals surface area contributed by atoms with Crippen LogP contribution in [0.15, 0.2) is 78.9 Å². The van der Waals surface area contributed by atoms with Crippen molar-refractivity contribution in [2.45, 2.75) is 0 Å². The van der Waals surface area contributed by atoms with E-state index in [0.29, 0.717) is 22.7 Å². The van der Waals surface area contributed by atoms with Gasteiger partial charge in [-0.15, -0.1) is 0 Å². The highest BCUT2D eigenvalue weighted by Crippen LogP contribution is 2.25. The second kappa shape index (κ2) is 9.88. The molecule has 0 saturated carbocycles. The molecule has 0 aliphatic heterocycles. The molecule has 0 heterocycles. The van der Waals surface area contributed by atoms with Crippen LogP contribution in [0.2, 0.25) is 0 Å². The Morgan fingerprint density at radius 3 is 2.37 bits per heavy atom. The van der Waals surface area contributed by atoms with E-state index < -0.39 is 18.5 Å². The van der Waals surface area contributed by atoms with Gasteiger partial charge < -0.3 is 20.1 Å². The van der Waals surface area contributed by atoms with Gasteiger partial charge in [-0.25, -0.2) is 4.79 Å². The summed E-state index contributed by atoms with van der Waals surface area (Å²) in [6, 6.07) is 22.1. The molecular weight excluding hydrogens is 384 g/mol. The van der Waals surface area contributed by atoms with Crippen molar-refractivity contribution < 1.29 is 23.9 Å². The summed E-state index contributed by atoms with van der Waals surface area (Å²) in [6.45, 7) is -0.483. The third-order valence-corrected chi connectivity index (χ3v) is 4.05. The predicted molar refractivity (Wildman–Crippen MR) is 112 cm³/mol. The lowest BCUT2D eigenvalue weighted by atomic mass is 10.2. The zero-order valence-corrected chi connectivity index (χ0v) is 16.3. The molecule has 152 valence electrons. The van der Waals surface area contributed by atoms with E-state index in [1.807, 2.05) is 18.2 Å². The topological polar surface area (TPSA) is 93.7 Å². The van der Waals surface area contributed by atoms with Crippen molar-refractivity contribution in [1.82, 2.24) is 5.32 Å². The van der Waals surface area contributed by atoms with Gasteiger partial charge in [0.1, 0.15) is 17.1 Å². The second-order valence-electron chi connectivity index (χ2n) is 6.20. The summed E-state index contributed by atoms with van der Waals surface area (Å²) < 4.78 is 10.9. The van der Waals surface area contributed by atoms with Crippen LogP contribution in [0.25, 0.3) is 0 Å². The molecular formula is C23H20N2O5. The third-order valence-electron chi connectivity index (χ3n) is 4.05. The monoisotopic (exact) mass is 404 g/mol. The summed E-state index contributed by atoms with van der Waals surface area (Å²) in [5.41, 5.74) is 1.03. The van der Waals surface area contributed by atoms with Gasteiger partial charge in [-0.2, -0.15) is 0 Å². The summed E-state index contributed by atoms with van der Waals surface area (Å²) in [4.78, 5) is 36.3. The number of benzene rings is 3. The van der Waals surface area contributed by atoms with Crippen molar-refractivity contribution in [3.05, 3.63) is 90.0 Å². The summed E-state index contributed by atoms with van der Waals surface area (Å²) in [7, 11) is 1.52. The Balaban J connectivity index is 1.61. The fourth-order valence-corrected chi connectivity index (χ4v) is 2.63. The van der Waals surface area contributed by atoms with Crippen molar-refractivity contribution in [2.24, 2.45) is 0 Å². The fourth-order valence-electron chi connectivity index (χ4n) is 2.63. The van der Waals surface area contributed by atoms with Crippen LogP contribution in [-0.2, 0) is 9.53 Å². The van der Waals surface area contributed by atoms with Crippen molar-refractivity contribution in [2.75, 3.05) is 19.0 Å². The molecule has 0 atom stereocenters. The molecule has 0 aliphatic rings. The van der Waals surface area contributed by atoms with E-state index in [1.54, 1.807) is 54.6 Å². The molecule has 2 amide bonds. The number of hydrogen-bond acceptors (Lipinski definition) is 5.